The second-order valence-electron chi connectivity index (χ2n) is 4.54. The first-order valence-corrected chi connectivity index (χ1v) is 5.98. The van der Waals surface area contributed by atoms with Crippen molar-refractivity contribution in [2.75, 3.05) is 6.54 Å². The fourth-order valence-electron chi connectivity index (χ4n) is 1.50. The van der Waals surface area contributed by atoms with Crippen LogP contribution in [0.15, 0.2) is 6.20 Å². The van der Waals surface area contributed by atoms with Gasteiger partial charge in [-0.15, -0.1) is 0 Å². The van der Waals surface area contributed by atoms with Crippen LogP contribution in [0, 0.1) is 12.8 Å². The average molecular weight is 238 g/mol. The van der Waals surface area contributed by atoms with Crippen molar-refractivity contribution in [2.24, 2.45) is 18.7 Å². The molecular formula is C12H22N4O. The number of carbonyl (C=O) groups excluding carboxylic acids is 1. The third kappa shape index (κ3) is 4.19. The third-order valence-electron chi connectivity index (χ3n) is 3.08. The van der Waals surface area contributed by atoms with E-state index in [9.17, 15) is 4.79 Å². The normalized spacial score (nSPS) is 12.5. The van der Waals surface area contributed by atoms with Crippen molar-refractivity contribution < 1.29 is 4.79 Å². The van der Waals surface area contributed by atoms with Gasteiger partial charge in [-0.1, -0.05) is 6.92 Å². The van der Waals surface area contributed by atoms with Gasteiger partial charge in [0.1, 0.15) is 0 Å². The quantitative estimate of drug-likeness (QED) is 0.767. The Morgan fingerprint density at radius 3 is 2.88 bits per heavy atom. The van der Waals surface area contributed by atoms with Gasteiger partial charge < -0.3 is 11.1 Å². The molecule has 0 aliphatic rings. The highest BCUT2D eigenvalue weighted by molar-refractivity contribution is 5.75. The lowest BCUT2D eigenvalue weighted by Crippen LogP contribution is -2.24. The minimum Gasteiger partial charge on any atom is -0.352 e. The number of nitrogens with zero attached hydrogens (tertiary/aromatic N) is 2. The van der Waals surface area contributed by atoms with E-state index in [2.05, 4.69) is 17.3 Å². The van der Waals surface area contributed by atoms with Gasteiger partial charge in [-0.2, -0.15) is 5.10 Å². The minimum atomic E-state index is 0.0774. The van der Waals surface area contributed by atoms with E-state index >= 15 is 0 Å². The summed E-state index contributed by atoms with van der Waals surface area (Å²) in [6.45, 7) is 5.23. The Labute approximate surface area is 102 Å². The van der Waals surface area contributed by atoms with Crippen molar-refractivity contribution in [1.82, 2.24) is 15.1 Å². The maximum atomic E-state index is 11.6. The molecule has 0 aliphatic heterocycles. The first kappa shape index (κ1) is 13.7. The van der Waals surface area contributed by atoms with Crippen LogP contribution in [-0.2, 0) is 18.4 Å². The second kappa shape index (κ2) is 6.39. The molecule has 1 aromatic rings. The van der Waals surface area contributed by atoms with E-state index in [0.29, 0.717) is 25.4 Å². The zero-order chi connectivity index (χ0) is 12.8. The van der Waals surface area contributed by atoms with Crippen LogP contribution >= 0.6 is 0 Å². The Morgan fingerprint density at radius 1 is 1.65 bits per heavy atom. The summed E-state index contributed by atoms with van der Waals surface area (Å²) >= 11 is 0. The summed E-state index contributed by atoms with van der Waals surface area (Å²) in [7, 11) is 1.89. The molecule has 0 bridgehead atoms. The van der Waals surface area contributed by atoms with Gasteiger partial charge in [-0.3, -0.25) is 9.48 Å². The van der Waals surface area contributed by atoms with E-state index in [4.69, 9.17) is 5.73 Å². The number of amides is 1. The van der Waals surface area contributed by atoms with Crippen LogP contribution in [0.1, 0.15) is 31.0 Å². The van der Waals surface area contributed by atoms with Crippen molar-refractivity contribution in [2.45, 2.75) is 33.2 Å². The lowest BCUT2D eigenvalue weighted by molar-refractivity contribution is -0.121. The summed E-state index contributed by atoms with van der Waals surface area (Å²) in [5, 5.41) is 7.03. The van der Waals surface area contributed by atoms with Crippen molar-refractivity contribution in [1.29, 1.82) is 0 Å². The molecule has 3 N–H and O–H groups in total. The van der Waals surface area contributed by atoms with Crippen molar-refractivity contribution >= 4 is 5.91 Å². The molecule has 1 heterocycles. The zero-order valence-corrected chi connectivity index (χ0v) is 10.9. The van der Waals surface area contributed by atoms with Gasteiger partial charge in [-0.05, 0) is 25.8 Å². The number of hydrogen-bond acceptors (Lipinski definition) is 3. The van der Waals surface area contributed by atoms with Crippen molar-refractivity contribution in [3.05, 3.63) is 17.5 Å². The summed E-state index contributed by atoms with van der Waals surface area (Å²) in [5.74, 6) is 0.481. The third-order valence-corrected chi connectivity index (χ3v) is 3.08. The average Bonchev–Trinajstić information content (AvgIpc) is 2.64. The Kier molecular flexibility index (Phi) is 5.15. The Balaban J connectivity index is 2.31. The van der Waals surface area contributed by atoms with Crippen LogP contribution in [0.3, 0.4) is 0 Å². The maximum Gasteiger partial charge on any atom is 0.220 e. The summed E-state index contributed by atoms with van der Waals surface area (Å²) in [4.78, 5) is 11.6. The molecule has 5 heteroatoms. The topological polar surface area (TPSA) is 72.9 Å². The largest absolute Gasteiger partial charge is 0.352 e. The second-order valence-corrected chi connectivity index (χ2v) is 4.54. The molecule has 0 saturated carbocycles. The molecule has 0 aromatic carbocycles. The number of aromatic nitrogens is 2. The van der Waals surface area contributed by atoms with Crippen LogP contribution in [0.2, 0.25) is 0 Å². The van der Waals surface area contributed by atoms with E-state index in [1.807, 2.05) is 14.0 Å². The van der Waals surface area contributed by atoms with Gasteiger partial charge >= 0.3 is 0 Å². The molecule has 0 aliphatic carbocycles. The molecule has 96 valence electrons. The predicted octanol–water partition coefficient (Wildman–Crippen LogP) is 0.720. The minimum absolute atomic E-state index is 0.0774. The van der Waals surface area contributed by atoms with E-state index < -0.39 is 0 Å². The van der Waals surface area contributed by atoms with Crippen LogP contribution in [0.5, 0.6) is 0 Å². The summed E-state index contributed by atoms with van der Waals surface area (Å²) in [6.07, 6.45) is 3.17. The first-order chi connectivity index (χ1) is 8.04. The monoisotopic (exact) mass is 238 g/mol. The molecule has 1 rings (SSSR count). The van der Waals surface area contributed by atoms with Crippen LogP contribution in [-0.4, -0.2) is 22.2 Å². The first-order valence-electron chi connectivity index (χ1n) is 5.98. The molecule has 0 spiro atoms. The van der Waals surface area contributed by atoms with Gasteiger partial charge in [0.2, 0.25) is 5.91 Å². The molecule has 0 saturated heterocycles. The van der Waals surface area contributed by atoms with E-state index in [1.54, 1.807) is 10.9 Å². The fourth-order valence-corrected chi connectivity index (χ4v) is 1.50. The van der Waals surface area contributed by atoms with Gasteiger partial charge in [-0.25, -0.2) is 0 Å². The molecule has 5 nitrogen and oxygen atoms in total. The van der Waals surface area contributed by atoms with Crippen LogP contribution in [0.4, 0.5) is 0 Å². The Bertz CT molecular complexity index is 373. The lowest BCUT2D eigenvalue weighted by atomic mass is 10.1. The SMILES string of the molecule is Cc1c(CNC(=O)CCC(C)CN)cnn1C. The summed E-state index contributed by atoms with van der Waals surface area (Å²) < 4.78 is 1.80. The zero-order valence-electron chi connectivity index (χ0n) is 10.9. The van der Waals surface area contributed by atoms with Gasteiger partial charge in [0.05, 0.1) is 6.20 Å². The van der Waals surface area contributed by atoms with E-state index in [1.165, 1.54) is 0 Å². The Hall–Kier alpha value is -1.36. The number of carbonyl (C=O) groups is 1. The molecule has 0 fully saturated rings. The molecular weight excluding hydrogens is 216 g/mol. The molecule has 0 radical (unpaired) electrons. The smallest absolute Gasteiger partial charge is 0.220 e. The highest BCUT2D eigenvalue weighted by Crippen LogP contribution is 2.06. The molecule has 1 atom stereocenters. The molecule has 1 amide bonds. The fraction of sp³-hybridized carbons (Fsp3) is 0.667. The highest BCUT2D eigenvalue weighted by Gasteiger charge is 2.07. The summed E-state index contributed by atoms with van der Waals surface area (Å²) in [6, 6.07) is 0. The van der Waals surface area contributed by atoms with Gasteiger partial charge in [0, 0.05) is 31.3 Å². The lowest BCUT2D eigenvalue weighted by Gasteiger charge is -2.08. The molecule has 1 unspecified atom stereocenters. The van der Waals surface area contributed by atoms with Crippen molar-refractivity contribution in [3.63, 3.8) is 0 Å². The van der Waals surface area contributed by atoms with E-state index in [-0.39, 0.29) is 5.91 Å². The van der Waals surface area contributed by atoms with Gasteiger partial charge in [0.15, 0.2) is 0 Å². The molecule has 17 heavy (non-hydrogen) atoms. The standard InChI is InChI=1S/C12H22N4O/c1-9(6-13)4-5-12(17)14-7-11-8-15-16(3)10(11)2/h8-9H,4-7,13H2,1-3H3,(H,14,17). The highest BCUT2D eigenvalue weighted by atomic mass is 16.1. The van der Waals surface area contributed by atoms with Gasteiger partial charge in [0.25, 0.3) is 0 Å². The van der Waals surface area contributed by atoms with Crippen LogP contribution in [0.25, 0.3) is 0 Å². The number of aryl methyl sites for hydroxylation is 1. The van der Waals surface area contributed by atoms with E-state index in [0.717, 1.165) is 17.7 Å². The Morgan fingerprint density at radius 2 is 2.35 bits per heavy atom. The predicted molar refractivity (Wildman–Crippen MR) is 67.2 cm³/mol. The van der Waals surface area contributed by atoms with Crippen molar-refractivity contribution in [3.8, 4) is 0 Å². The number of nitrogens with one attached hydrogen (secondary N) is 1. The summed E-state index contributed by atoms with van der Waals surface area (Å²) in [5.41, 5.74) is 7.65. The van der Waals surface area contributed by atoms with Crippen LogP contribution < -0.4 is 11.1 Å². The number of rotatable bonds is 6. The number of nitrogens with two attached hydrogens (primary N) is 1. The maximum absolute atomic E-state index is 11.6. The molecule has 1 aromatic heterocycles. The number of hydrogen-bond donors (Lipinski definition) is 2.